The van der Waals surface area contributed by atoms with E-state index in [1.165, 1.54) is 12.3 Å². The lowest BCUT2D eigenvalue weighted by molar-refractivity contribution is 0.509. The largest absolute Gasteiger partial charge is 0.370 e. The zero-order chi connectivity index (χ0) is 17.6. The average Bonchev–Trinajstić information content (AvgIpc) is 2.55. The van der Waals surface area contributed by atoms with Gasteiger partial charge in [-0.05, 0) is 42.7 Å². The van der Waals surface area contributed by atoms with Crippen molar-refractivity contribution in [3.05, 3.63) is 48.2 Å². The summed E-state index contributed by atoms with van der Waals surface area (Å²) in [4.78, 5) is 3.98. The zero-order valence-electron chi connectivity index (χ0n) is 12.9. The number of nitrogens with zero attached hydrogens (tertiary/aromatic N) is 1. The van der Waals surface area contributed by atoms with Gasteiger partial charge in [-0.15, -0.1) is 0 Å². The minimum atomic E-state index is -3.92. The normalized spacial score (nSPS) is 11.3. The molecule has 5 nitrogen and oxygen atoms in total. The van der Waals surface area contributed by atoms with Gasteiger partial charge < -0.3 is 5.32 Å². The Balaban J connectivity index is 2.04. The third-order valence-corrected chi connectivity index (χ3v) is 5.11. The van der Waals surface area contributed by atoms with Gasteiger partial charge in [0.15, 0.2) is 11.6 Å². The van der Waals surface area contributed by atoms with Crippen LogP contribution < -0.4 is 10.0 Å². The number of thioether (sulfide) groups is 1. The molecule has 1 aromatic carbocycles. The molecule has 0 amide bonds. The third-order valence-electron chi connectivity index (χ3n) is 3.05. The predicted octanol–water partition coefficient (Wildman–Crippen LogP) is 3.33. The molecule has 0 aliphatic rings. The molecule has 0 saturated carbocycles. The van der Waals surface area contributed by atoms with Crippen LogP contribution in [0.2, 0.25) is 0 Å². The van der Waals surface area contributed by atoms with Gasteiger partial charge in [-0.3, -0.25) is 4.72 Å². The SMILES string of the molecule is CSCCCNc1ccc(S(=O)(=O)Nc2ccc(F)c(F)c2)cn1. The van der Waals surface area contributed by atoms with Gasteiger partial charge in [-0.1, -0.05) is 0 Å². The summed E-state index contributed by atoms with van der Waals surface area (Å²) in [6.45, 7) is 0.743. The fourth-order valence-electron chi connectivity index (χ4n) is 1.85. The Morgan fingerprint density at radius 2 is 1.96 bits per heavy atom. The molecule has 2 rings (SSSR count). The number of sulfonamides is 1. The summed E-state index contributed by atoms with van der Waals surface area (Å²) in [7, 11) is -3.92. The van der Waals surface area contributed by atoms with Gasteiger partial charge in [0.2, 0.25) is 0 Å². The van der Waals surface area contributed by atoms with Crippen molar-refractivity contribution in [2.24, 2.45) is 0 Å². The first-order valence-corrected chi connectivity index (χ1v) is 9.97. The molecule has 0 aliphatic heterocycles. The van der Waals surface area contributed by atoms with Crippen molar-refractivity contribution in [2.75, 3.05) is 28.6 Å². The fraction of sp³-hybridized carbons (Fsp3) is 0.267. The highest BCUT2D eigenvalue weighted by molar-refractivity contribution is 7.98. The standard InChI is InChI=1S/C15H17F2N3O2S2/c1-23-8-2-7-18-15-6-4-12(10-19-15)24(21,22)20-11-3-5-13(16)14(17)9-11/h3-6,9-10,20H,2,7-8H2,1H3,(H,18,19). The monoisotopic (exact) mass is 373 g/mol. The fourth-order valence-corrected chi connectivity index (χ4v) is 3.28. The number of anilines is 2. The molecular weight excluding hydrogens is 356 g/mol. The van der Waals surface area contributed by atoms with E-state index in [4.69, 9.17) is 0 Å². The number of halogens is 2. The molecule has 2 N–H and O–H groups in total. The van der Waals surface area contributed by atoms with E-state index >= 15 is 0 Å². The van der Waals surface area contributed by atoms with Crippen LogP contribution in [-0.2, 0) is 10.0 Å². The van der Waals surface area contributed by atoms with Crippen LogP contribution in [0, 0.1) is 11.6 Å². The first-order chi connectivity index (χ1) is 11.4. The van der Waals surface area contributed by atoms with Crippen molar-refractivity contribution in [2.45, 2.75) is 11.3 Å². The summed E-state index contributed by atoms with van der Waals surface area (Å²) in [5.74, 6) is -0.574. The Labute approximate surface area is 143 Å². The van der Waals surface area contributed by atoms with Gasteiger partial charge >= 0.3 is 0 Å². The van der Waals surface area contributed by atoms with Crippen molar-refractivity contribution in [1.29, 1.82) is 0 Å². The quantitative estimate of drug-likeness (QED) is 0.695. The first-order valence-electron chi connectivity index (χ1n) is 7.09. The van der Waals surface area contributed by atoms with Crippen LogP contribution in [0.1, 0.15) is 6.42 Å². The summed E-state index contributed by atoms with van der Waals surface area (Å²) in [5, 5.41) is 3.09. The summed E-state index contributed by atoms with van der Waals surface area (Å²) >= 11 is 1.75. The Morgan fingerprint density at radius 3 is 2.58 bits per heavy atom. The summed E-state index contributed by atoms with van der Waals surface area (Å²) in [6.07, 6.45) is 4.21. The number of benzene rings is 1. The molecule has 0 fully saturated rings. The molecule has 9 heteroatoms. The molecule has 0 unspecified atom stereocenters. The van der Waals surface area contributed by atoms with Crippen LogP contribution in [0.25, 0.3) is 0 Å². The minimum Gasteiger partial charge on any atom is -0.370 e. The Bertz CT molecular complexity index is 784. The van der Waals surface area contributed by atoms with E-state index in [0.29, 0.717) is 5.82 Å². The highest BCUT2D eigenvalue weighted by Gasteiger charge is 2.15. The molecule has 0 atom stereocenters. The van der Waals surface area contributed by atoms with E-state index in [9.17, 15) is 17.2 Å². The topological polar surface area (TPSA) is 71.1 Å². The van der Waals surface area contributed by atoms with Crippen LogP contribution in [0.4, 0.5) is 20.3 Å². The summed E-state index contributed by atoms with van der Waals surface area (Å²) < 4.78 is 52.6. The molecule has 0 spiro atoms. The lowest BCUT2D eigenvalue weighted by Gasteiger charge is -2.09. The molecule has 0 bridgehead atoms. The van der Waals surface area contributed by atoms with E-state index in [1.54, 1.807) is 17.8 Å². The van der Waals surface area contributed by atoms with Crippen molar-refractivity contribution >= 4 is 33.3 Å². The van der Waals surface area contributed by atoms with Gasteiger partial charge in [-0.2, -0.15) is 11.8 Å². The van der Waals surface area contributed by atoms with Crippen LogP contribution in [0.3, 0.4) is 0 Å². The first kappa shape index (κ1) is 18.5. The third kappa shape index (κ3) is 5.07. The Kier molecular flexibility index (Phi) is 6.38. The molecule has 1 aromatic heterocycles. The highest BCUT2D eigenvalue weighted by atomic mass is 32.2. The minimum absolute atomic E-state index is 0.0619. The number of aromatic nitrogens is 1. The van der Waals surface area contributed by atoms with E-state index < -0.39 is 21.7 Å². The molecule has 24 heavy (non-hydrogen) atoms. The van der Waals surface area contributed by atoms with Crippen LogP contribution >= 0.6 is 11.8 Å². The van der Waals surface area contributed by atoms with Gasteiger partial charge in [-0.25, -0.2) is 22.2 Å². The molecule has 0 saturated heterocycles. The van der Waals surface area contributed by atoms with E-state index in [1.807, 2.05) is 6.26 Å². The van der Waals surface area contributed by atoms with Crippen LogP contribution in [0.5, 0.6) is 0 Å². The number of nitrogens with one attached hydrogen (secondary N) is 2. The lowest BCUT2D eigenvalue weighted by atomic mass is 10.3. The van der Waals surface area contributed by atoms with Crippen molar-refractivity contribution in [3.63, 3.8) is 0 Å². The van der Waals surface area contributed by atoms with Crippen LogP contribution in [-0.4, -0.2) is 32.0 Å². The van der Waals surface area contributed by atoms with Gasteiger partial charge in [0.25, 0.3) is 10.0 Å². The maximum Gasteiger partial charge on any atom is 0.263 e. The van der Waals surface area contributed by atoms with Crippen molar-refractivity contribution < 1.29 is 17.2 Å². The molecule has 2 aromatic rings. The summed E-state index contributed by atoms with van der Waals surface area (Å²) in [6, 6.07) is 5.73. The molecule has 130 valence electrons. The zero-order valence-corrected chi connectivity index (χ0v) is 14.6. The number of hydrogen-bond acceptors (Lipinski definition) is 5. The Hall–Kier alpha value is -1.87. The van der Waals surface area contributed by atoms with Crippen molar-refractivity contribution in [3.8, 4) is 0 Å². The number of hydrogen-bond donors (Lipinski definition) is 2. The molecular formula is C15H17F2N3O2S2. The van der Waals surface area contributed by atoms with Crippen molar-refractivity contribution in [1.82, 2.24) is 4.98 Å². The second-order valence-corrected chi connectivity index (χ2v) is 7.55. The van der Waals surface area contributed by atoms with Gasteiger partial charge in [0.1, 0.15) is 10.7 Å². The van der Waals surface area contributed by atoms with Gasteiger partial charge in [0, 0.05) is 18.8 Å². The smallest absolute Gasteiger partial charge is 0.263 e. The maximum atomic E-state index is 13.2. The van der Waals surface area contributed by atoms with E-state index in [0.717, 1.165) is 36.9 Å². The van der Waals surface area contributed by atoms with Crippen LogP contribution in [0.15, 0.2) is 41.4 Å². The Morgan fingerprint density at radius 1 is 1.17 bits per heavy atom. The van der Waals surface area contributed by atoms with Gasteiger partial charge in [0.05, 0.1) is 5.69 Å². The summed E-state index contributed by atoms with van der Waals surface area (Å²) in [5.41, 5.74) is -0.0619. The molecule has 1 heterocycles. The second kappa shape index (κ2) is 8.29. The number of rotatable bonds is 8. The van der Waals surface area contributed by atoms with E-state index in [2.05, 4.69) is 15.0 Å². The average molecular weight is 373 g/mol. The highest BCUT2D eigenvalue weighted by Crippen LogP contribution is 2.18. The van der Waals surface area contributed by atoms with E-state index in [-0.39, 0.29) is 10.6 Å². The predicted molar refractivity (Wildman–Crippen MR) is 92.9 cm³/mol. The molecule has 0 aliphatic carbocycles. The maximum absolute atomic E-state index is 13.2. The second-order valence-electron chi connectivity index (χ2n) is 4.89. The molecule has 0 radical (unpaired) electrons. The number of pyridine rings is 1. The lowest BCUT2D eigenvalue weighted by Crippen LogP contribution is -2.14.